The largest absolute Gasteiger partial charge is 0.462 e. The quantitative estimate of drug-likeness (QED) is 0.359. The fourth-order valence-corrected chi connectivity index (χ4v) is 1.23. The molecule has 0 unspecified atom stereocenters. The maximum atomic E-state index is 12.0. The lowest BCUT2D eigenvalue weighted by molar-refractivity contribution is -0.139. The standard InChI is InChI=1S/C12H20F2O2/c1-3-4-5-6-7-8-9-16-12(15)10(2)11(13)14/h3-9H2,1-2H3. The highest BCUT2D eigenvalue weighted by atomic mass is 19.3. The minimum atomic E-state index is -1.96. The molecule has 94 valence electrons. The second-order valence-electron chi connectivity index (χ2n) is 3.79. The zero-order chi connectivity index (χ0) is 12.4. The molecule has 0 saturated heterocycles. The van der Waals surface area contributed by atoms with E-state index in [0.717, 1.165) is 26.2 Å². The third kappa shape index (κ3) is 7.37. The van der Waals surface area contributed by atoms with Crippen LogP contribution in [0.5, 0.6) is 0 Å². The number of unbranched alkanes of at least 4 members (excludes halogenated alkanes) is 5. The van der Waals surface area contributed by atoms with Gasteiger partial charge in [-0.2, -0.15) is 8.78 Å². The van der Waals surface area contributed by atoms with Crippen molar-refractivity contribution in [1.82, 2.24) is 0 Å². The number of esters is 1. The van der Waals surface area contributed by atoms with Crippen molar-refractivity contribution in [2.75, 3.05) is 6.61 Å². The molecule has 0 aliphatic heterocycles. The van der Waals surface area contributed by atoms with Gasteiger partial charge in [-0.15, -0.1) is 0 Å². The van der Waals surface area contributed by atoms with Crippen LogP contribution in [0.15, 0.2) is 11.7 Å². The molecular weight excluding hydrogens is 214 g/mol. The molecule has 0 saturated carbocycles. The maximum absolute atomic E-state index is 12.0. The van der Waals surface area contributed by atoms with Crippen LogP contribution in [0.25, 0.3) is 0 Å². The van der Waals surface area contributed by atoms with Crippen LogP contribution in [-0.4, -0.2) is 12.6 Å². The van der Waals surface area contributed by atoms with Gasteiger partial charge < -0.3 is 4.74 Å². The minimum absolute atomic E-state index is 0.232. The second-order valence-corrected chi connectivity index (χ2v) is 3.79. The number of rotatable bonds is 8. The molecule has 0 aliphatic carbocycles. The molecule has 0 aromatic rings. The molecule has 0 N–H and O–H groups in total. The summed E-state index contributed by atoms with van der Waals surface area (Å²) in [5.41, 5.74) is -0.592. The molecule has 0 amide bonds. The first kappa shape index (κ1) is 15.1. The van der Waals surface area contributed by atoms with Crippen LogP contribution in [0.2, 0.25) is 0 Å². The summed E-state index contributed by atoms with van der Waals surface area (Å²) >= 11 is 0. The van der Waals surface area contributed by atoms with Crippen LogP contribution in [0.3, 0.4) is 0 Å². The zero-order valence-corrected chi connectivity index (χ0v) is 10.0. The van der Waals surface area contributed by atoms with E-state index >= 15 is 0 Å². The van der Waals surface area contributed by atoms with Crippen LogP contribution in [0, 0.1) is 0 Å². The Morgan fingerprint density at radius 2 is 1.62 bits per heavy atom. The van der Waals surface area contributed by atoms with E-state index in [-0.39, 0.29) is 6.61 Å². The van der Waals surface area contributed by atoms with Crippen molar-refractivity contribution >= 4 is 5.97 Å². The molecule has 4 heteroatoms. The van der Waals surface area contributed by atoms with Gasteiger partial charge in [0.1, 0.15) is 0 Å². The third-order valence-corrected chi connectivity index (χ3v) is 2.32. The minimum Gasteiger partial charge on any atom is -0.462 e. The van der Waals surface area contributed by atoms with E-state index in [4.69, 9.17) is 4.74 Å². The van der Waals surface area contributed by atoms with Crippen LogP contribution in [-0.2, 0) is 9.53 Å². The monoisotopic (exact) mass is 234 g/mol. The number of hydrogen-bond acceptors (Lipinski definition) is 2. The molecule has 0 aliphatic rings. The SMILES string of the molecule is CCCCCCCCOC(=O)C(C)=C(F)F. The van der Waals surface area contributed by atoms with Crippen LogP contribution in [0.1, 0.15) is 52.4 Å². The smallest absolute Gasteiger partial charge is 0.339 e. The number of carbonyl (C=O) groups excluding carboxylic acids is 1. The van der Waals surface area contributed by atoms with Gasteiger partial charge in [0.05, 0.1) is 12.2 Å². The Labute approximate surface area is 95.7 Å². The van der Waals surface area contributed by atoms with Gasteiger partial charge in [-0.05, 0) is 13.3 Å². The molecule has 0 spiro atoms. The topological polar surface area (TPSA) is 26.3 Å². The molecule has 0 bridgehead atoms. The van der Waals surface area contributed by atoms with E-state index in [1.54, 1.807) is 0 Å². The van der Waals surface area contributed by atoms with E-state index in [0.29, 0.717) is 0 Å². The van der Waals surface area contributed by atoms with E-state index in [9.17, 15) is 13.6 Å². The molecule has 0 atom stereocenters. The molecule has 0 radical (unpaired) electrons. The average molecular weight is 234 g/mol. The Bertz CT molecular complexity index is 233. The van der Waals surface area contributed by atoms with Crippen molar-refractivity contribution in [2.45, 2.75) is 52.4 Å². The summed E-state index contributed by atoms with van der Waals surface area (Å²) in [6, 6.07) is 0. The number of halogens is 2. The number of hydrogen-bond donors (Lipinski definition) is 0. The van der Waals surface area contributed by atoms with E-state index in [2.05, 4.69) is 6.92 Å². The van der Waals surface area contributed by atoms with Gasteiger partial charge >= 0.3 is 5.97 Å². The predicted molar refractivity (Wildman–Crippen MR) is 59.3 cm³/mol. The van der Waals surface area contributed by atoms with Crippen molar-refractivity contribution in [1.29, 1.82) is 0 Å². The lowest BCUT2D eigenvalue weighted by atomic mass is 10.1. The van der Waals surface area contributed by atoms with Gasteiger partial charge in [-0.25, -0.2) is 4.79 Å². The first-order chi connectivity index (χ1) is 7.59. The Morgan fingerprint density at radius 3 is 2.19 bits per heavy atom. The Kier molecular flexibility index (Phi) is 8.77. The van der Waals surface area contributed by atoms with Crippen molar-refractivity contribution in [3.8, 4) is 0 Å². The summed E-state index contributed by atoms with van der Waals surface area (Å²) in [6.45, 7) is 3.44. The second kappa shape index (κ2) is 9.31. The summed E-state index contributed by atoms with van der Waals surface area (Å²) in [4.78, 5) is 11.0. The Balaban J connectivity index is 3.46. The van der Waals surface area contributed by atoms with Gasteiger partial charge in [-0.1, -0.05) is 39.0 Å². The van der Waals surface area contributed by atoms with Gasteiger partial charge in [0.15, 0.2) is 0 Å². The summed E-state index contributed by atoms with van der Waals surface area (Å²) < 4.78 is 28.6. The van der Waals surface area contributed by atoms with Gasteiger partial charge in [-0.3, -0.25) is 0 Å². The normalized spacial score (nSPS) is 10.0. The fraction of sp³-hybridized carbons (Fsp3) is 0.750. The number of ether oxygens (including phenoxy) is 1. The van der Waals surface area contributed by atoms with E-state index < -0.39 is 17.6 Å². The zero-order valence-electron chi connectivity index (χ0n) is 10.0. The molecule has 0 rings (SSSR count). The van der Waals surface area contributed by atoms with Gasteiger partial charge in [0.2, 0.25) is 0 Å². The van der Waals surface area contributed by atoms with Crippen molar-refractivity contribution < 1.29 is 18.3 Å². The highest BCUT2D eigenvalue weighted by Gasteiger charge is 2.11. The highest BCUT2D eigenvalue weighted by molar-refractivity contribution is 5.87. The predicted octanol–water partition coefficient (Wildman–Crippen LogP) is 4.06. The van der Waals surface area contributed by atoms with Crippen LogP contribution < -0.4 is 0 Å². The molecule has 0 fully saturated rings. The van der Waals surface area contributed by atoms with Crippen molar-refractivity contribution in [3.63, 3.8) is 0 Å². The molecule has 16 heavy (non-hydrogen) atoms. The average Bonchev–Trinajstić information content (AvgIpc) is 2.26. The summed E-state index contributed by atoms with van der Waals surface area (Å²) in [5.74, 6) is -0.909. The first-order valence-electron chi connectivity index (χ1n) is 5.78. The van der Waals surface area contributed by atoms with Crippen LogP contribution >= 0.6 is 0 Å². The summed E-state index contributed by atoms with van der Waals surface area (Å²) in [5, 5.41) is 0. The van der Waals surface area contributed by atoms with E-state index in [1.807, 2.05) is 0 Å². The van der Waals surface area contributed by atoms with E-state index in [1.165, 1.54) is 19.3 Å². The fourth-order valence-electron chi connectivity index (χ4n) is 1.23. The van der Waals surface area contributed by atoms with Gasteiger partial charge in [0, 0.05) is 0 Å². The maximum Gasteiger partial charge on any atom is 0.339 e. The molecule has 0 heterocycles. The van der Waals surface area contributed by atoms with Crippen molar-refractivity contribution in [2.24, 2.45) is 0 Å². The molecular formula is C12H20F2O2. The lowest BCUT2D eigenvalue weighted by Crippen LogP contribution is -2.07. The van der Waals surface area contributed by atoms with Gasteiger partial charge in [0.25, 0.3) is 6.08 Å². The molecule has 0 aromatic heterocycles. The Hall–Kier alpha value is -0.930. The van der Waals surface area contributed by atoms with Crippen molar-refractivity contribution in [3.05, 3.63) is 11.7 Å². The Morgan fingerprint density at radius 1 is 1.06 bits per heavy atom. The molecule has 0 aromatic carbocycles. The highest BCUT2D eigenvalue weighted by Crippen LogP contribution is 2.09. The third-order valence-electron chi connectivity index (χ3n) is 2.32. The summed E-state index contributed by atoms with van der Waals surface area (Å²) in [7, 11) is 0. The molecule has 2 nitrogen and oxygen atoms in total. The summed E-state index contributed by atoms with van der Waals surface area (Å²) in [6.07, 6.45) is 4.46. The number of carbonyl (C=O) groups is 1. The lowest BCUT2D eigenvalue weighted by Gasteiger charge is -2.04. The first-order valence-corrected chi connectivity index (χ1v) is 5.78. The van der Waals surface area contributed by atoms with Crippen LogP contribution in [0.4, 0.5) is 8.78 Å².